The van der Waals surface area contributed by atoms with Gasteiger partial charge in [-0.1, -0.05) is 32.0 Å². The molecule has 1 atom stereocenters. The van der Waals surface area contributed by atoms with Gasteiger partial charge in [-0.2, -0.15) is 0 Å². The minimum absolute atomic E-state index is 0.137. The number of hydrogen-bond acceptors (Lipinski definition) is 4. The predicted molar refractivity (Wildman–Crippen MR) is 80.8 cm³/mol. The lowest BCUT2D eigenvalue weighted by molar-refractivity contribution is 0.224. The van der Waals surface area contributed by atoms with Crippen LogP contribution in [0.5, 0.6) is 5.75 Å². The van der Waals surface area contributed by atoms with E-state index >= 15 is 0 Å². The van der Waals surface area contributed by atoms with Gasteiger partial charge in [0.15, 0.2) is 9.84 Å². The second-order valence-corrected chi connectivity index (χ2v) is 7.97. The first-order valence-electron chi connectivity index (χ1n) is 7.06. The van der Waals surface area contributed by atoms with Crippen LogP contribution in [0, 0.1) is 6.92 Å². The van der Waals surface area contributed by atoms with Crippen molar-refractivity contribution in [3.05, 3.63) is 29.3 Å². The molecule has 1 unspecified atom stereocenters. The Morgan fingerprint density at radius 2 is 2.15 bits per heavy atom. The zero-order valence-corrected chi connectivity index (χ0v) is 13.2. The number of benzene rings is 1. The largest absolute Gasteiger partial charge is 0.489 e. The zero-order chi connectivity index (χ0) is 14.8. The highest BCUT2D eigenvalue weighted by atomic mass is 32.2. The molecule has 1 aromatic carbocycles. The standard InChI is InChI=1S/C15H23NO3S/c1-11(2)16-9-13-6-4-5-12(3)15(13)19-14-7-8-20(17,18)10-14/h4-6,11,14,16H,7-10H2,1-3H3. The van der Waals surface area contributed by atoms with Crippen molar-refractivity contribution in [2.45, 2.75) is 45.9 Å². The molecule has 4 nitrogen and oxygen atoms in total. The van der Waals surface area contributed by atoms with Crippen molar-refractivity contribution in [2.75, 3.05) is 11.5 Å². The van der Waals surface area contributed by atoms with Gasteiger partial charge in [-0.25, -0.2) is 8.42 Å². The molecule has 1 heterocycles. The van der Waals surface area contributed by atoms with Crippen molar-refractivity contribution < 1.29 is 13.2 Å². The first kappa shape index (κ1) is 15.3. The molecule has 1 fully saturated rings. The number of rotatable bonds is 5. The van der Waals surface area contributed by atoms with Crippen molar-refractivity contribution in [1.29, 1.82) is 0 Å². The van der Waals surface area contributed by atoms with E-state index in [2.05, 4.69) is 19.2 Å². The Labute approximate surface area is 121 Å². The Hall–Kier alpha value is -1.07. The summed E-state index contributed by atoms with van der Waals surface area (Å²) in [6.07, 6.45) is 0.382. The lowest BCUT2D eigenvalue weighted by Crippen LogP contribution is -2.24. The van der Waals surface area contributed by atoms with Crippen LogP contribution in [0.2, 0.25) is 0 Å². The van der Waals surface area contributed by atoms with E-state index in [1.165, 1.54) is 0 Å². The average Bonchev–Trinajstić information content (AvgIpc) is 2.69. The molecule has 0 bridgehead atoms. The molecule has 1 N–H and O–H groups in total. The van der Waals surface area contributed by atoms with E-state index in [0.717, 1.165) is 23.4 Å². The minimum atomic E-state index is -2.91. The fourth-order valence-corrected chi connectivity index (χ4v) is 3.95. The van der Waals surface area contributed by atoms with E-state index in [9.17, 15) is 8.42 Å². The number of nitrogens with one attached hydrogen (secondary N) is 1. The SMILES string of the molecule is Cc1cccc(CNC(C)C)c1OC1CCS(=O)(=O)C1. The normalized spacial score (nSPS) is 21.3. The van der Waals surface area contributed by atoms with Crippen LogP contribution in [0.4, 0.5) is 0 Å². The summed E-state index contributed by atoms with van der Waals surface area (Å²) in [6, 6.07) is 6.43. The molecule has 0 amide bonds. The Bertz CT molecular complexity index is 566. The molecule has 5 heteroatoms. The van der Waals surface area contributed by atoms with Gasteiger partial charge in [0, 0.05) is 18.2 Å². The van der Waals surface area contributed by atoms with Crippen LogP contribution in [-0.4, -0.2) is 32.1 Å². The monoisotopic (exact) mass is 297 g/mol. The molecular weight excluding hydrogens is 274 g/mol. The smallest absolute Gasteiger partial charge is 0.154 e. The van der Waals surface area contributed by atoms with Gasteiger partial charge >= 0.3 is 0 Å². The number of sulfone groups is 1. The van der Waals surface area contributed by atoms with E-state index in [0.29, 0.717) is 12.5 Å². The molecule has 20 heavy (non-hydrogen) atoms. The highest BCUT2D eigenvalue weighted by Crippen LogP contribution is 2.27. The topological polar surface area (TPSA) is 55.4 Å². The number of hydrogen-bond donors (Lipinski definition) is 1. The third-order valence-corrected chi connectivity index (χ3v) is 5.21. The molecule has 1 aromatic rings. The maximum atomic E-state index is 11.5. The van der Waals surface area contributed by atoms with E-state index in [-0.39, 0.29) is 17.6 Å². The van der Waals surface area contributed by atoms with Crippen LogP contribution in [0.15, 0.2) is 18.2 Å². The molecule has 0 radical (unpaired) electrons. The van der Waals surface area contributed by atoms with Crippen LogP contribution in [0.25, 0.3) is 0 Å². The first-order chi connectivity index (χ1) is 9.37. The molecule has 0 spiro atoms. The van der Waals surface area contributed by atoms with Crippen LogP contribution >= 0.6 is 0 Å². The maximum Gasteiger partial charge on any atom is 0.154 e. The van der Waals surface area contributed by atoms with Gasteiger partial charge in [0.1, 0.15) is 11.9 Å². The predicted octanol–water partition coefficient (Wildman–Crippen LogP) is 2.06. The number of ether oxygens (including phenoxy) is 1. The summed E-state index contributed by atoms with van der Waals surface area (Å²) in [5.41, 5.74) is 2.14. The van der Waals surface area contributed by atoms with E-state index in [1.807, 2.05) is 25.1 Å². The molecule has 0 aromatic heterocycles. The van der Waals surface area contributed by atoms with E-state index in [1.54, 1.807) is 0 Å². The summed E-state index contributed by atoms with van der Waals surface area (Å²) >= 11 is 0. The van der Waals surface area contributed by atoms with Crippen molar-refractivity contribution >= 4 is 9.84 Å². The quantitative estimate of drug-likeness (QED) is 0.904. The van der Waals surface area contributed by atoms with Gasteiger partial charge in [-0.15, -0.1) is 0 Å². The van der Waals surface area contributed by atoms with Crippen molar-refractivity contribution in [3.63, 3.8) is 0 Å². The second-order valence-electron chi connectivity index (χ2n) is 5.74. The molecular formula is C15H23NO3S. The van der Waals surface area contributed by atoms with Gasteiger partial charge in [0.2, 0.25) is 0 Å². The highest BCUT2D eigenvalue weighted by Gasteiger charge is 2.30. The van der Waals surface area contributed by atoms with Crippen LogP contribution in [0.1, 0.15) is 31.4 Å². The second kappa shape index (κ2) is 6.14. The molecule has 1 aliphatic rings. The molecule has 2 rings (SSSR count). The molecule has 0 aliphatic carbocycles. The van der Waals surface area contributed by atoms with Gasteiger partial charge in [-0.05, 0) is 18.9 Å². The van der Waals surface area contributed by atoms with Crippen molar-refractivity contribution in [3.8, 4) is 5.75 Å². The Morgan fingerprint density at radius 1 is 1.40 bits per heavy atom. The van der Waals surface area contributed by atoms with Crippen molar-refractivity contribution in [2.24, 2.45) is 0 Å². The van der Waals surface area contributed by atoms with E-state index in [4.69, 9.17) is 4.74 Å². The van der Waals surface area contributed by atoms with Crippen LogP contribution in [-0.2, 0) is 16.4 Å². The third-order valence-electron chi connectivity index (χ3n) is 3.47. The van der Waals surface area contributed by atoms with Gasteiger partial charge in [0.25, 0.3) is 0 Å². The molecule has 1 saturated heterocycles. The maximum absolute atomic E-state index is 11.5. The van der Waals surface area contributed by atoms with Gasteiger partial charge in [-0.3, -0.25) is 0 Å². The van der Waals surface area contributed by atoms with Crippen LogP contribution < -0.4 is 10.1 Å². The fourth-order valence-electron chi connectivity index (χ4n) is 2.36. The lowest BCUT2D eigenvalue weighted by atomic mass is 10.1. The summed E-state index contributed by atoms with van der Waals surface area (Å²) in [5, 5.41) is 3.37. The molecule has 0 saturated carbocycles. The number of aryl methyl sites for hydroxylation is 1. The Balaban J connectivity index is 2.13. The summed E-state index contributed by atoms with van der Waals surface area (Å²) in [4.78, 5) is 0. The summed E-state index contributed by atoms with van der Waals surface area (Å²) in [7, 11) is -2.91. The Morgan fingerprint density at radius 3 is 2.75 bits per heavy atom. The zero-order valence-electron chi connectivity index (χ0n) is 12.3. The minimum Gasteiger partial charge on any atom is -0.489 e. The fraction of sp³-hybridized carbons (Fsp3) is 0.600. The van der Waals surface area contributed by atoms with Crippen molar-refractivity contribution in [1.82, 2.24) is 5.32 Å². The number of para-hydroxylation sites is 1. The first-order valence-corrected chi connectivity index (χ1v) is 8.88. The molecule has 112 valence electrons. The highest BCUT2D eigenvalue weighted by molar-refractivity contribution is 7.91. The molecule has 1 aliphatic heterocycles. The average molecular weight is 297 g/mol. The third kappa shape index (κ3) is 3.96. The summed E-state index contributed by atoms with van der Waals surface area (Å²) in [5.74, 6) is 1.21. The summed E-state index contributed by atoms with van der Waals surface area (Å²) in [6.45, 7) is 6.92. The van der Waals surface area contributed by atoms with E-state index < -0.39 is 9.84 Å². The Kier molecular flexibility index (Phi) is 4.70. The van der Waals surface area contributed by atoms with Crippen LogP contribution in [0.3, 0.4) is 0 Å². The van der Waals surface area contributed by atoms with Gasteiger partial charge < -0.3 is 10.1 Å². The lowest BCUT2D eigenvalue weighted by Gasteiger charge is -2.19. The summed E-state index contributed by atoms with van der Waals surface area (Å²) < 4.78 is 29.0. The van der Waals surface area contributed by atoms with Gasteiger partial charge in [0.05, 0.1) is 11.5 Å².